The van der Waals surface area contributed by atoms with Gasteiger partial charge in [-0.2, -0.15) is 5.06 Å². The fraction of sp³-hybridized carbons (Fsp3) is 0.364. The zero-order valence-electron chi connectivity index (χ0n) is 16.6. The number of hydroxylamine groups is 2. The Labute approximate surface area is 171 Å². The minimum atomic E-state index is -0.702. The molecule has 2 aromatic rings. The van der Waals surface area contributed by atoms with Gasteiger partial charge in [0.1, 0.15) is 18.0 Å². The number of nitrogens with zero attached hydrogens (tertiary/aromatic N) is 1. The Kier molecular flexibility index (Phi) is 7.61. The number of hydrogen-bond acceptors (Lipinski definition) is 4. The molecule has 0 aliphatic rings. The molecule has 1 amide bonds. The summed E-state index contributed by atoms with van der Waals surface area (Å²) in [6.45, 7) is 6.99. The molecule has 28 heavy (non-hydrogen) atoms. The van der Waals surface area contributed by atoms with Gasteiger partial charge in [0.05, 0.1) is 6.04 Å². The van der Waals surface area contributed by atoms with Crippen LogP contribution >= 0.6 is 11.6 Å². The van der Waals surface area contributed by atoms with Gasteiger partial charge in [0.15, 0.2) is 0 Å². The van der Waals surface area contributed by atoms with Crippen LogP contribution < -0.4 is 0 Å². The minimum absolute atomic E-state index is 0.0724. The Morgan fingerprint density at radius 1 is 1.04 bits per heavy atom. The highest BCUT2D eigenvalue weighted by Gasteiger charge is 2.31. The number of carbonyl (C=O) groups is 2. The molecule has 0 aliphatic carbocycles. The number of Topliss-reactive ketones (excluding diaryl/α,β-unsaturated/α-hetero) is 1. The second-order valence-corrected chi connectivity index (χ2v) is 7.98. The number of hydrogen-bond donors (Lipinski definition) is 0. The molecule has 0 spiro atoms. The quantitative estimate of drug-likeness (QED) is 0.554. The number of rotatable bonds is 7. The summed E-state index contributed by atoms with van der Waals surface area (Å²) in [4.78, 5) is 30.7. The van der Waals surface area contributed by atoms with Gasteiger partial charge in [-0.25, -0.2) is 4.79 Å². The normalized spacial score (nSPS) is 12.3. The molecule has 0 N–H and O–H groups in total. The zero-order chi connectivity index (χ0) is 20.7. The molecule has 0 radical (unpaired) electrons. The van der Waals surface area contributed by atoms with E-state index in [1.54, 1.807) is 45.0 Å². The lowest BCUT2D eigenvalue weighted by atomic mass is 10.0. The zero-order valence-corrected chi connectivity index (χ0v) is 17.4. The molecule has 150 valence electrons. The largest absolute Gasteiger partial charge is 0.442 e. The molecule has 0 unspecified atom stereocenters. The van der Waals surface area contributed by atoms with Crippen molar-refractivity contribution >= 4 is 23.5 Å². The lowest BCUT2D eigenvalue weighted by Crippen LogP contribution is -2.40. The Balaban J connectivity index is 2.34. The third-order valence-corrected chi connectivity index (χ3v) is 4.06. The third kappa shape index (κ3) is 6.98. The fourth-order valence-corrected chi connectivity index (χ4v) is 2.71. The van der Waals surface area contributed by atoms with E-state index in [2.05, 4.69) is 0 Å². The van der Waals surface area contributed by atoms with E-state index in [1.165, 1.54) is 6.92 Å². The van der Waals surface area contributed by atoms with Crippen LogP contribution in [0.2, 0.25) is 5.02 Å². The number of benzene rings is 2. The molecule has 1 atom stereocenters. The lowest BCUT2D eigenvalue weighted by Gasteiger charge is -2.32. The van der Waals surface area contributed by atoms with Gasteiger partial charge in [-0.15, -0.1) is 0 Å². The molecule has 6 heteroatoms. The first-order valence-electron chi connectivity index (χ1n) is 9.09. The summed E-state index contributed by atoms with van der Waals surface area (Å²) in [5, 5.41) is 1.72. The predicted octanol–water partition coefficient (Wildman–Crippen LogP) is 5.73. The summed E-state index contributed by atoms with van der Waals surface area (Å²) in [5.74, 6) is -0.0724. The van der Waals surface area contributed by atoms with E-state index in [9.17, 15) is 9.59 Å². The number of halogens is 1. The highest BCUT2D eigenvalue weighted by molar-refractivity contribution is 6.30. The Morgan fingerprint density at radius 2 is 1.64 bits per heavy atom. The minimum Gasteiger partial charge on any atom is -0.442 e. The van der Waals surface area contributed by atoms with Crippen LogP contribution in [0.1, 0.15) is 51.3 Å². The molecule has 0 aliphatic heterocycles. The SMILES string of the molecule is CC(=O)C[C@@H](c1ccc(Cl)cc1)N(OCc1ccccc1)C(=O)OC(C)(C)C. The van der Waals surface area contributed by atoms with Gasteiger partial charge in [-0.3, -0.25) is 9.63 Å². The second kappa shape index (κ2) is 9.71. The molecule has 0 bridgehead atoms. The van der Waals surface area contributed by atoms with Crippen LogP contribution in [-0.4, -0.2) is 22.5 Å². The average molecular weight is 404 g/mol. The molecule has 0 saturated carbocycles. The Bertz CT molecular complexity index is 784. The maximum atomic E-state index is 12.9. The van der Waals surface area contributed by atoms with Crippen LogP contribution in [0.15, 0.2) is 54.6 Å². The van der Waals surface area contributed by atoms with Crippen LogP contribution in [0.3, 0.4) is 0 Å². The molecular formula is C22H26ClNO4. The molecule has 0 fully saturated rings. The number of ketones is 1. The van der Waals surface area contributed by atoms with Crippen molar-refractivity contribution in [3.8, 4) is 0 Å². The first-order valence-corrected chi connectivity index (χ1v) is 9.47. The first kappa shape index (κ1) is 21.9. The predicted molar refractivity (Wildman–Crippen MR) is 109 cm³/mol. The van der Waals surface area contributed by atoms with Crippen molar-refractivity contribution < 1.29 is 19.2 Å². The fourth-order valence-electron chi connectivity index (χ4n) is 2.59. The van der Waals surface area contributed by atoms with E-state index in [0.717, 1.165) is 16.2 Å². The molecule has 0 aromatic heterocycles. The van der Waals surface area contributed by atoms with Crippen LogP contribution in [0.5, 0.6) is 0 Å². The summed E-state index contributed by atoms with van der Waals surface area (Å²) in [6, 6.07) is 15.8. The van der Waals surface area contributed by atoms with Crippen molar-refractivity contribution in [1.82, 2.24) is 5.06 Å². The van der Waals surface area contributed by atoms with Gasteiger partial charge in [0.2, 0.25) is 0 Å². The molecule has 5 nitrogen and oxygen atoms in total. The molecule has 2 aromatic carbocycles. The Morgan fingerprint density at radius 3 is 2.18 bits per heavy atom. The van der Waals surface area contributed by atoms with Crippen molar-refractivity contribution in [2.75, 3.05) is 0 Å². The van der Waals surface area contributed by atoms with E-state index in [-0.39, 0.29) is 18.8 Å². The van der Waals surface area contributed by atoms with Crippen molar-refractivity contribution in [3.05, 3.63) is 70.7 Å². The maximum absolute atomic E-state index is 12.9. The van der Waals surface area contributed by atoms with Crippen LogP contribution in [-0.2, 0) is 21.0 Å². The summed E-state index contributed by atoms with van der Waals surface area (Å²) < 4.78 is 5.52. The van der Waals surface area contributed by atoms with Gasteiger partial charge in [-0.1, -0.05) is 54.1 Å². The van der Waals surface area contributed by atoms with Crippen molar-refractivity contribution in [2.45, 2.75) is 52.4 Å². The summed E-state index contributed by atoms with van der Waals surface area (Å²) in [6.07, 6.45) is -0.556. The second-order valence-electron chi connectivity index (χ2n) is 7.54. The number of carbonyl (C=O) groups excluding carboxylic acids is 2. The average Bonchev–Trinajstić information content (AvgIpc) is 2.61. The van der Waals surface area contributed by atoms with Crippen LogP contribution in [0.25, 0.3) is 0 Å². The lowest BCUT2D eigenvalue weighted by molar-refractivity contribution is -0.183. The molecular weight excluding hydrogens is 378 g/mol. The monoisotopic (exact) mass is 403 g/mol. The molecule has 0 heterocycles. The van der Waals surface area contributed by atoms with Gasteiger partial charge in [0.25, 0.3) is 0 Å². The molecule has 0 saturated heterocycles. The smallest absolute Gasteiger partial charge is 0.435 e. The van der Waals surface area contributed by atoms with Gasteiger partial charge < -0.3 is 4.74 Å². The van der Waals surface area contributed by atoms with Crippen molar-refractivity contribution in [1.29, 1.82) is 0 Å². The summed E-state index contributed by atoms with van der Waals surface area (Å²) in [7, 11) is 0. The van der Waals surface area contributed by atoms with Gasteiger partial charge in [0, 0.05) is 11.4 Å². The summed E-state index contributed by atoms with van der Waals surface area (Å²) >= 11 is 5.99. The standard InChI is InChI=1S/C22H26ClNO4/c1-16(25)14-20(18-10-12-19(23)13-11-18)24(21(26)28-22(2,3)4)27-15-17-8-6-5-7-9-17/h5-13,20H,14-15H2,1-4H3/t20-/m0/s1. The highest BCUT2D eigenvalue weighted by atomic mass is 35.5. The first-order chi connectivity index (χ1) is 13.2. The number of amides is 1. The summed E-state index contributed by atoms with van der Waals surface area (Å²) in [5.41, 5.74) is 0.930. The Hall–Kier alpha value is -2.37. The topological polar surface area (TPSA) is 55.8 Å². The van der Waals surface area contributed by atoms with Crippen molar-refractivity contribution in [3.63, 3.8) is 0 Å². The van der Waals surface area contributed by atoms with E-state index < -0.39 is 17.7 Å². The van der Waals surface area contributed by atoms with E-state index in [1.807, 2.05) is 30.3 Å². The van der Waals surface area contributed by atoms with E-state index >= 15 is 0 Å². The highest BCUT2D eigenvalue weighted by Crippen LogP contribution is 2.29. The number of ether oxygens (including phenoxy) is 1. The van der Waals surface area contributed by atoms with Crippen molar-refractivity contribution in [2.24, 2.45) is 0 Å². The van der Waals surface area contributed by atoms with Crippen LogP contribution in [0.4, 0.5) is 4.79 Å². The maximum Gasteiger partial charge on any atom is 0.435 e. The van der Waals surface area contributed by atoms with Gasteiger partial charge in [-0.05, 0) is 51.0 Å². The van der Waals surface area contributed by atoms with E-state index in [4.69, 9.17) is 21.2 Å². The third-order valence-electron chi connectivity index (χ3n) is 3.81. The van der Waals surface area contributed by atoms with Crippen LogP contribution in [0, 0.1) is 0 Å². The van der Waals surface area contributed by atoms with Gasteiger partial charge >= 0.3 is 6.09 Å². The van der Waals surface area contributed by atoms with E-state index in [0.29, 0.717) is 5.02 Å². The molecule has 2 rings (SSSR count).